The first-order chi connectivity index (χ1) is 14.2. The lowest BCUT2D eigenvalue weighted by molar-refractivity contribution is -0.137. The van der Waals surface area contributed by atoms with Crippen molar-refractivity contribution in [1.29, 1.82) is 0 Å². The molecule has 2 aromatic rings. The fourth-order valence-corrected chi connectivity index (χ4v) is 4.26. The number of aryl methyl sites for hydroxylation is 1. The molecule has 2 atom stereocenters. The fourth-order valence-electron chi connectivity index (χ4n) is 3.98. The van der Waals surface area contributed by atoms with Crippen LogP contribution < -0.4 is 5.69 Å². The van der Waals surface area contributed by atoms with Crippen LogP contribution in [0.15, 0.2) is 17.1 Å². The normalized spacial score (nSPS) is 21.7. The maximum absolute atomic E-state index is 13.1. The Hall–Kier alpha value is -2.40. The van der Waals surface area contributed by atoms with E-state index >= 15 is 0 Å². The number of hydrogen-bond donors (Lipinski definition) is 1. The van der Waals surface area contributed by atoms with Crippen LogP contribution >= 0.6 is 11.6 Å². The van der Waals surface area contributed by atoms with E-state index in [-0.39, 0.29) is 24.7 Å². The van der Waals surface area contributed by atoms with Gasteiger partial charge < -0.3 is 10.0 Å². The summed E-state index contributed by atoms with van der Waals surface area (Å²) in [5.74, 6) is 0.136. The molecule has 30 heavy (non-hydrogen) atoms. The third kappa shape index (κ3) is 3.71. The van der Waals surface area contributed by atoms with Crippen molar-refractivity contribution in [3.63, 3.8) is 0 Å². The predicted octanol–water partition coefficient (Wildman–Crippen LogP) is 1.63. The largest absolute Gasteiger partial charge is 0.417 e. The SMILES string of the molecule is O=C([C@@H]1CCCc2nn(Cc3nccc(C(F)(F)F)c3Cl)c(=O)n21)N1CC[C@H](O)C1. The van der Waals surface area contributed by atoms with E-state index in [1.807, 2.05) is 0 Å². The van der Waals surface area contributed by atoms with Crippen LogP contribution in [0.5, 0.6) is 0 Å². The van der Waals surface area contributed by atoms with Crippen LogP contribution in [0.25, 0.3) is 0 Å². The van der Waals surface area contributed by atoms with E-state index in [0.29, 0.717) is 38.1 Å². The summed E-state index contributed by atoms with van der Waals surface area (Å²) in [5.41, 5.74) is -1.76. The van der Waals surface area contributed by atoms with Crippen molar-refractivity contribution >= 4 is 17.5 Å². The van der Waals surface area contributed by atoms with Crippen molar-refractivity contribution in [3.05, 3.63) is 44.9 Å². The standard InChI is InChI=1S/C18H19ClF3N5O3/c19-15-11(18(20,21)22)4-6-23-12(15)9-26-17(30)27-13(2-1-3-14(27)24-26)16(29)25-7-5-10(28)8-25/h4,6,10,13,28H,1-3,5,7-9H2/t10-,13-/m0/s1. The number of amides is 1. The number of carbonyl (C=O) groups excluding carboxylic acids is 1. The molecule has 162 valence electrons. The summed E-state index contributed by atoms with van der Waals surface area (Å²) in [4.78, 5) is 31.3. The first-order valence-corrected chi connectivity index (χ1v) is 9.90. The van der Waals surface area contributed by atoms with Gasteiger partial charge in [0.05, 0.1) is 28.9 Å². The molecule has 0 aromatic carbocycles. The molecular formula is C18H19ClF3N5O3. The van der Waals surface area contributed by atoms with Crippen LogP contribution in [-0.2, 0) is 23.9 Å². The number of alkyl halides is 3. The summed E-state index contributed by atoms with van der Waals surface area (Å²) in [6.45, 7) is 0.292. The number of fused-ring (bicyclic) bond motifs is 1. The monoisotopic (exact) mass is 445 g/mol. The third-order valence-corrected chi connectivity index (χ3v) is 5.88. The molecule has 1 amide bonds. The Morgan fingerprint density at radius 1 is 1.33 bits per heavy atom. The van der Waals surface area contributed by atoms with Crippen molar-refractivity contribution in [2.45, 2.75) is 50.6 Å². The van der Waals surface area contributed by atoms with Crippen LogP contribution in [-0.4, -0.2) is 54.4 Å². The predicted molar refractivity (Wildman–Crippen MR) is 99.0 cm³/mol. The van der Waals surface area contributed by atoms with Crippen LogP contribution in [0.3, 0.4) is 0 Å². The number of pyridine rings is 1. The zero-order chi connectivity index (χ0) is 21.6. The molecule has 4 heterocycles. The molecule has 0 saturated carbocycles. The molecule has 1 saturated heterocycles. The number of aliphatic hydroxyl groups excluding tert-OH is 1. The molecule has 2 aliphatic heterocycles. The molecule has 1 fully saturated rings. The second-order valence-corrected chi connectivity index (χ2v) is 7.86. The number of rotatable bonds is 3. The Morgan fingerprint density at radius 2 is 2.10 bits per heavy atom. The minimum atomic E-state index is -4.65. The molecule has 1 N–H and O–H groups in total. The van der Waals surface area contributed by atoms with Gasteiger partial charge in [-0.3, -0.25) is 14.3 Å². The lowest BCUT2D eigenvalue weighted by Crippen LogP contribution is -2.42. The fraction of sp³-hybridized carbons (Fsp3) is 0.556. The summed E-state index contributed by atoms with van der Waals surface area (Å²) in [6, 6.07) is 0.0247. The Kier molecular flexibility index (Phi) is 5.35. The molecule has 0 bridgehead atoms. The average Bonchev–Trinajstić information content (AvgIpc) is 3.25. The van der Waals surface area contributed by atoms with Gasteiger partial charge in [-0.25, -0.2) is 9.48 Å². The van der Waals surface area contributed by atoms with Crippen LogP contribution in [0.2, 0.25) is 5.02 Å². The molecule has 0 spiro atoms. The van der Waals surface area contributed by atoms with E-state index < -0.39 is 34.6 Å². The van der Waals surface area contributed by atoms with Crippen LogP contribution in [0.1, 0.15) is 42.4 Å². The average molecular weight is 446 g/mol. The summed E-state index contributed by atoms with van der Waals surface area (Å²) in [6.07, 6.45) is -2.19. The lowest BCUT2D eigenvalue weighted by Gasteiger charge is -2.27. The lowest BCUT2D eigenvalue weighted by atomic mass is 10.0. The smallest absolute Gasteiger partial charge is 0.391 e. The van der Waals surface area contributed by atoms with Crippen molar-refractivity contribution < 1.29 is 23.1 Å². The van der Waals surface area contributed by atoms with Crippen molar-refractivity contribution in [3.8, 4) is 0 Å². The number of likely N-dealkylation sites (tertiary alicyclic amines) is 1. The Bertz CT molecular complexity index is 1040. The van der Waals surface area contributed by atoms with E-state index in [4.69, 9.17) is 11.6 Å². The summed E-state index contributed by atoms with van der Waals surface area (Å²) in [5, 5.41) is 13.3. The van der Waals surface area contributed by atoms with Crippen molar-refractivity contribution in [2.75, 3.05) is 13.1 Å². The van der Waals surface area contributed by atoms with Crippen molar-refractivity contribution in [1.82, 2.24) is 24.2 Å². The molecule has 0 radical (unpaired) electrons. The summed E-state index contributed by atoms with van der Waals surface area (Å²) >= 11 is 5.88. The number of nitrogens with zero attached hydrogens (tertiary/aromatic N) is 5. The highest BCUT2D eigenvalue weighted by Gasteiger charge is 2.37. The topological polar surface area (TPSA) is 93.2 Å². The second kappa shape index (κ2) is 7.69. The van der Waals surface area contributed by atoms with Gasteiger partial charge in [-0.15, -0.1) is 0 Å². The maximum Gasteiger partial charge on any atom is 0.417 e. The highest BCUT2D eigenvalue weighted by atomic mass is 35.5. The van der Waals surface area contributed by atoms with Gasteiger partial charge in [0, 0.05) is 25.7 Å². The number of β-amino-alcohol motifs (C(OH)–C–C–N with tert-alkyl or cyclic N) is 1. The molecule has 12 heteroatoms. The molecule has 4 rings (SSSR count). The van der Waals surface area contributed by atoms with Crippen LogP contribution in [0, 0.1) is 0 Å². The van der Waals surface area contributed by atoms with E-state index in [1.54, 1.807) is 0 Å². The zero-order valence-electron chi connectivity index (χ0n) is 15.8. The van der Waals surface area contributed by atoms with Gasteiger partial charge in [-0.1, -0.05) is 11.6 Å². The maximum atomic E-state index is 13.1. The molecule has 8 nitrogen and oxygen atoms in total. The van der Waals surface area contributed by atoms with E-state index in [9.17, 15) is 27.9 Å². The highest BCUT2D eigenvalue weighted by Crippen LogP contribution is 2.35. The van der Waals surface area contributed by atoms with Gasteiger partial charge in [0.25, 0.3) is 0 Å². The van der Waals surface area contributed by atoms with Gasteiger partial charge in [0.15, 0.2) is 0 Å². The van der Waals surface area contributed by atoms with E-state index in [0.717, 1.165) is 16.9 Å². The Morgan fingerprint density at radius 3 is 2.77 bits per heavy atom. The van der Waals surface area contributed by atoms with Gasteiger partial charge in [0.1, 0.15) is 11.9 Å². The number of aliphatic hydroxyl groups is 1. The number of hydrogen-bond acceptors (Lipinski definition) is 5. The van der Waals surface area contributed by atoms with E-state index in [1.165, 1.54) is 9.47 Å². The van der Waals surface area contributed by atoms with Gasteiger partial charge in [-0.05, 0) is 25.3 Å². The zero-order valence-corrected chi connectivity index (χ0v) is 16.5. The van der Waals surface area contributed by atoms with E-state index in [2.05, 4.69) is 10.1 Å². The number of carbonyl (C=O) groups is 1. The summed E-state index contributed by atoms with van der Waals surface area (Å²) in [7, 11) is 0. The quantitative estimate of drug-likeness (QED) is 0.775. The first-order valence-electron chi connectivity index (χ1n) is 9.52. The van der Waals surface area contributed by atoms with Crippen LogP contribution in [0.4, 0.5) is 13.2 Å². The highest BCUT2D eigenvalue weighted by molar-refractivity contribution is 6.32. The first kappa shape index (κ1) is 20.9. The number of halogens is 4. The Labute approximate surface area is 173 Å². The van der Waals surface area contributed by atoms with Gasteiger partial charge >= 0.3 is 11.9 Å². The minimum absolute atomic E-state index is 0.130. The number of aromatic nitrogens is 4. The molecule has 0 unspecified atom stereocenters. The minimum Gasteiger partial charge on any atom is -0.391 e. The molecule has 2 aliphatic rings. The molecule has 0 aliphatic carbocycles. The van der Waals surface area contributed by atoms with Gasteiger partial charge in [-0.2, -0.15) is 18.3 Å². The summed E-state index contributed by atoms with van der Waals surface area (Å²) < 4.78 is 41.6. The molecule has 2 aromatic heterocycles. The third-order valence-electron chi connectivity index (χ3n) is 5.46. The van der Waals surface area contributed by atoms with Gasteiger partial charge in [0.2, 0.25) is 5.91 Å². The Balaban J connectivity index is 1.65. The van der Waals surface area contributed by atoms with Crippen molar-refractivity contribution in [2.24, 2.45) is 0 Å². The second-order valence-electron chi connectivity index (χ2n) is 7.48. The molecular weight excluding hydrogens is 427 g/mol.